The number of hydrogen-bond donors (Lipinski definition) is 1. The van der Waals surface area contributed by atoms with E-state index in [0.717, 1.165) is 5.56 Å². The lowest BCUT2D eigenvalue weighted by Gasteiger charge is -2.27. The van der Waals surface area contributed by atoms with E-state index >= 15 is 0 Å². The molecule has 0 saturated carbocycles. The second-order valence-electron chi connectivity index (χ2n) is 4.75. The number of alkyl halides is 3. The summed E-state index contributed by atoms with van der Waals surface area (Å²) >= 11 is 0. The summed E-state index contributed by atoms with van der Waals surface area (Å²) in [6, 6.07) is 3.33. The number of aryl methyl sites for hydroxylation is 1. The molecule has 1 N–H and O–H groups in total. The van der Waals surface area contributed by atoms with Crippen molar-refractivity contribution in [2.75, 3.05) is 18.0 Å². The van der Waals surface area contributed by atoms with Crippen LogP contribution in [0.2, 0.25) is 0 Å². The van der Waals surface area contributed by atoms with Crippen LogP contribution in [0.4, 0.5) is 19.0 Å². The van der Waals surface area contributed by atoms with Crippen molar-refractivity contribution in [1.82, 2.24) is 4.98 Å². The summed E-state index contributed by atoms with van der Waals surface area (Å²) < 4.78 is 39.0. The molecule has 0 spiro atoms. The summed E-state index contributed by atoms with van der Waals surface area (Å²) in [5, 5.41) is 8.94. The number of carboxylic acids is 1. The Balaban J connectivity index is 2.27. The maximum Gasteiger partial charge on any atom is 0.406 e. The maximum atomic E-state index is 13.0. The monoisotopic (exact) mass is 274 g/mol. The van der Waals surface area contributed by atoms with Crippen LogP contribution in [0.1, 0.15) is 12.0 Å². The number of hydrogen-bond acceptors (Lipinski definition) is 3. The van der Waals surface area contributed by atoms with E-state index in [2.05, 4.69) is 4.98 Å². The van der Waals surface area contributed by atoms with Crippen molar-refractivity contribution in [3.8, 4) is 0 Å². The van der Waals surface area contributed by atoms with Crippen LogP contribution in [-0.2, 0) is 4.79 Å². The number of nitrogens with zero attached hydrogens (tertiary/aromatic N) is 2. The third-order valence-electron chi connectivity index (χ3n) is 3.44. The van der Waals surface area contributed by atoms with Gasteiger partial charge in [-0.2, -0.15) is 13.2 Å². The molecule has 19 heavy (non-hydrogen) atoms. The smallest absolute Gasteiger partial charge is 0.406 e. The summed E-state index contributed by atoms with van der Waals surface area (Å²) in [6.45, 7) is 1.25. The molecule has 1 aliphatic rings. The Labute approximate surface area is 107 Å². The van der Waals surface area contributed by atoms with Gasteiger partial charge in [-0.25, -0.2) is 4.98 Å². The molecule has 1 saturated heterocycles. The summed E-state index contributed by atoms with van der Waals surface area (Å²) in [7, 11) is 0. The molecule has 4 nitrogen and oxygen atoms in total. The summed E-state index contributed by atoms with van der Waals surface area (Å²) in [6.07, 6.45) is -3.68. The number of halogens is 3. The molecule has 2 rings (SSSR count). The van der Waals surface area contributed by atoms with Gasteiger partial charge in [0.25, 0.3) is 0 Å². The Morgan fingerprint density at radius 1 is 1.47 bits per heavy atom. The number of aliphatic carboxylic acids is 1. The van der Waals surface area contributed by atoms with Crippen LogP contribution in [-0.4, -0.2) is 35.3 Å². The standard InChI is InChI=1S/C12H13F3N2O2/c1-8-2-3-9(16-6-8)17-5-4-11(7-17,10(18)19)12(13,14)15/h2-3,6H,4-5,7H2,1H3,(H,18,19). The molecule has 1 atom stereocenters. The highest BCUT2D eigenvalue weighted by Gasteiger charge is 2.63. The van der Waals surface area contributed by atoms with Gasteiger partial charge in [-0.15, -0.1) is 0 Å². The van der Waals surface area contributed by atoms with E-state index in [1.165, 1.54) is 4.90 Å². The molecule has 104 valence electrons. The first-order chi connectivity index (χ1) is 8.76. The molecule has 0 aromatic carbocycles. The molecular formula is C12H13F3N2O2. The van der Waals surface area contributed by atoms with Crippen molar-refractivity contribution >= 4 is 11.8 Å². The van der Waals surface area contributed by atoms with Gasteiger partial charge in [-0.3, -0.25) is 4.79 Å². The molecule has 2 heterocycles. The minimum Gasteiger partial charge on any atom is -0.481 e. The fourth-order valence-electron chi connectivity index (χ4n) is 2.18. The van der Waals surface area contributed by atoms with Crippen LogP contribution in [0, 0.1) is 12.3 Å². The molecule has 0 bridgehead atoms. The fourth-order valence-corrected chi connectivity index (χ4v) is 2.18. The van der Waals surface area contributed by atoms with E-state index in [1.807, 2.05) is 6.92 Å². The summed E-state index contributed by atoms with van der Waals surface area (Å²) in [5.41, 5.74) is -1.80. The Morgan fingerprint density at radius 3 is 2.58 bits per heavy atom. The third-order valence-corrected chi connectivity index (χ3v) is 3.44. The van der Waals surface area contributed by atoms with Gasteiger partial charge in [-0.1, -0.05) is 6.07 Å². The minimum atomic E-state index is -4.77. The van der Waals surface area contributed by atoms with E-state index in [1.54, 1.807) is 18.3 Å². The van der Waals surface area contributed by atoms with Crippen molar-refractivity contribution in [1.29, 1.82) is 0 Å². The van der Waals surface area contributed by atoms with Crippen molar-refractivity contribution < 1.29 is 23.1 Å². The normalized spacial score (nSPS) is 23.7. The Kier molecular flexibility index (Phi) is 3.15. The third kappa shape index (κ3) is 2.24. The highest BCUT2D eigenvalue weighted by Crippen LogP contribution is 2.46. The predicted octanol–water partition coefficient (Wildman–Crippen LogP) is 2.23. The van der Waals surface area contributed by atoms with Crippen LogP contribution in [0.25, 0.3) is 0 Å². The van der Waals surface area contributed by atoms with Gasteiger partial charge >= 0.3 is 12.1 Å². The molecule has 7 heteroatoms. The average Bonchev–Trinajstić information content (AvgIpc) is 2.75. The fraction of sp³-hybridized carbons (Fsp3) is 0.500. The van der Waals surface area contributed by atoms with Crippen LogP contribution in [0.5, 0.6) is 0 Å². The van der Waals surface area contributed by atoms with Crippen LogP contribution >= 0.6 is 0 Å². The average molecular weight is 274 g/mol. The number of aromatic nitrogens is 1. The molecule has 1 unspecified atom stereocenters. The number of carboxylic acid groups (broad SMARTS) is 1. The van der Waals surface area contributed by atoms with Gasteiger partial charge in [0.1, 0.15) is 5.82 Å². The predicted molar refractivity (Wildman–Crippen MR) is 61.9 cm³/mol. The number of anilines is 1. The first-order valence-electron chi connectivity index (χ1n) is 5.74. The zero-order valence-corrected chi connectivity index (χ0v) is 10.2. The van der Waals surface area contributed by atoms with Gasteiger partial charge in [-0.05, 0) is 25.0 Å². The van der Waals surface area contributed by atoms with Gasteiger partial charge in [0.15, 0.2) is 5.41 Å². The molecule has 0 amide bonds. The van der Waals surface area contributed by atoms with Gasteiger partial charge < -0.3 is 10.0 Å². The Hall–Kier alpha value is -1.79. The molecule has 1 aromatic rings. The molecule has 1 aliphatic heterocycles. The molecular weight excluding hydrogens is 261 g/mol. The Morgan fingerprint density at radius 2 is 2.16 bits per heavy atom. The van der Waals surface area contributed by atoms with Crippen molar-refractivity contribution in [2.24, 2.45) is 5.41 Å². The topological polar surface area (TPSA) is 53.4 Å². The molecule has 0 radical (unpaired) electrons. The van der Waals surface area contributed by atoms with Crippen LogP contribution in [0.15, 0.2) is 18.3 Å². The number of pyridine rings is 1. The molecule has 0 aliphatic carbocycles. The maximum absolute atomic E-state index is 13.0. The molecule has 1 aromatic heterocycles. The zero-order valence-electron chi connectivity index (χ0n) is 10.2. The lowest BCUT2D eigenvalue weighted by atomic mass is 9.86. The van der Waals surface area contributed by atoms with Crippen molar-refractivity contribution in [2.45, 2.75) is 19.5 Å². The van der Waals surface area contributed by atoms with E-state index in [4.69, 9.17) is 5.11 Å². The Bertz CT molecular complexity index is 487. The van der Waals surface area contributed by atoms with Crippen molar-refractivity contribution in [3.63, 3.8) is 0 Å². The second kappa shape index (κ2) is 4.40. The molecule has 1 fully saturated rings. The SMILES string of the molecule is Cc1ccc(N2CCC(C(=O)O)(C(F)(F)F)C2)nc1. The van der Waals surface area contributed by atoms with Gasteiger partial charge in [0.2, 0.25) is 0 Å². The first-order valence-corrected chi connectivity index (χ1v) is 5.74. The van der Waals surface area contributed by atoms with Crippen LogP contribution in [0.3, 0.4) is 0 Å². The first kappa shape index (κ1) is 13.6. The highest BCUT2D eigenvalue weighted by molar-refractivity contribution is 5.77. The highest BCUT2D eigenvalue weighted by atomic mass is 19.4. The second-order valence-corrected chi connectivity index (χ2v) is 4.75. The van der Waals surface area contributed by atoms with Gasteiger partial charge in [0, 0.05) is 19.3 Å². The van der Waals surface area contributed by atoms with Crippen molar-refractivity contribution in [3.05, 3.63) is 23.9 Å². The van der Waals surface area contributed by atoms with E-state index in [0.29, 0.717) is 5.82 Å². The zero-order chi connectivity index (χ0) is 14.3. The lowest BCUT2D eigenvalue weighted by molar-refractivity contribution is -0.225. The summed E-state index contributed by atoms with van der Waals surface area (Å²) in [5.74, 6) is -1.45. The quantitative estimate of drug-likeness (QED) is 0.898. The van der Waals surface area contributed by atoms with E-state index in [9.17, 15) is 18.0 Å². The number of rotatable bonds is 2. The van der Waals surface area contributed by atoms with E-state index < -0.39 is 30.5 Å². The summed E-state index contributed by atoms with van der Waals surface area (Å²) in [4.78, 5) is 16.4. The van der Waals surface area contributed by atoms with Gasteiger partial charge in [0.05, 0.1) is 0 Å². The van der Waals surface area contributed by atoms with Crippen LogP contribution < -0.4 is 4.90 Å². The lowest BCUT2D eigenvalue weighted by Crippen LogP contribution is -2.47. The van der Waals surface area contributed by atoms with E-state index in [-0.39, 0.29) is 6.54 Å². The number of carbonyl (C=O) groups is 1. The largest absolute Gasteiger partial charge is 0.481 e. The minimum absolute atomic E-state index is 0.0296.